The van der Waals surface area contributed by atoms with Gasteiger partial charge in [0.2, 0.25) is 0 Å². The molecule has 134 valence electrons. The molecule has 4 rings (SSSR count). The molecule has 0 spiro atoms. The number of amides is 1. The summed E-state index contributed by atoms with van der Waals surface area (Å²) in [5.41, 5.74) is 8.93. The lowest BCUT2D eigenvalue weighted by atomic mass is 9.93. The first-order chi connectivity index (χ1) is 12.7. The Bertz CT molecular complexity index is 943. The summed E-state index contributed by atoms with van der Waals surface area (Å²) < 4.78 is 1.83. The van der Waals surface area contributed by atoms with E-state index in [1.165, 1.54) is 11.9 Å². The van der Waals surface area contributed by atoms with Crippen LogP contribution in [0.4, 0.5) is 11.5 Å². The predicted molar refractivity (Wildman–Crippen MR) is 101 cm³/mol. The van der Waals surface area contributed by atoms with Crippen molar-refractivity contribution in [3.8, 4) is 0 Å². The third-order valence-electron chi connectivity index (χ3n) is 4.90. The molecule has 0 saturated heterocycles. The van der Waals surface area contributed by atoms with E-state index in [4.69, 9.17) is 5.73 Å². The van der Waals surface area contributed by atoms with E-state index in [1.54, 1.807) is 0 Å². The van der Waals surface area contributed by atoms with Gasteiger partial charge < -0.3 is 11.1 Å². The second kappa shape index (κ2) is 6.74. The van der Waals surface area contributed by atoms with Crippen LogP contribution in [0.25, 0.3) is 11.0 Å². The molecule has 7 heteroatoms. The van der Waals surface area contributed by atoms with Crippen molar-refractivity contribution in [2.45, 2.75) is 45.1 Å². The van der Waals surface area contributed by atoms with E-state index in [0.29, 0.717) is 11.0 Å². The first kappa shape index (κ1) is 16.5. The van der Waals surface area contributed by atoms with E-state index in [2.05, 4.69) is 27.3 Å². The predicted octanol–water partition coefficient (Wildman–Crippen LogP) is 3.34. The molecule has 0 bridgehead atoms. The van der Waals surface area contributed by atoms with Crippen LogP contribution in [0.5, 0.6) is 0 Å². The number of nitrogens with two attached hydrogens (primary N) is 1. The maximum Gasteiger partial charge on any atom is 0.277 e. The molecule has 7 nitrogen and oxygen atoms in total. The van der Waals surface area contributed by atoms with Gasteiger partial charge in [0.05, 0.1) is 11.4 Å². The lowest BCUT2D eigenvalue weighted by Crippen LogP contribution is -2.19. The fourth-order valence-corrected chi connectivity index (χ4v) is 3.27. The number of aromatic nitrogens is 4. The fourth-order valence-electron chi connectivity index (χ4n) is 3.27. The van der Waals surface area contributed by atoms with Crippen molar-refractivity contribution >= 4 is 28.4 Å². The topological polar surface area (TPSA) is 98.7 Å². The van der Waals surface area contributed by atoms with Gasteiger partial charge in [-0.3, -0.25) is 4.79 Å². The van der Waals surface area contributed by atoms with Crippen LogP contribution in [-0.4, -0.2) is 25.7 Å². The van der Waals surface area contributed by atoms with Gasteiger partial charge in [0, 0.05) is 5.69 Å². The molecule has 2 aromatic heterocycles. The average molecular weight is 350 g/mol. The van der Waals surface area contributed by atoms with Crippen LogP contribution < -0.4 is 11.1 Å². The number of anilines is 2. The molecule has 0 aliphatic heterocycles. The minimum Gasteiger partial charge on any atom is -0.383 e. The zero-order valence-electron chi connectivity index (χ0n) is 14.8. The van der Waals surface area contributed by atoms with E-state index in [1.807, 2.05) is 28.9 Å². The van der Waals surface area contributed by atoms with Gasteiger partial charge in [0.15, 0.2) is 11.3 Å². The summed E-state index contributed by atoms with van der Waals surface area (Å²) in [6.45, 7) is 2.14. The van der Waals surface area contributed by atoms with E-state index < -0.39 is 0 Å². The van der Waals surface area contributed by atoms with Crippen LogP contribution >= 0.6 is 0 Å². The number of nitrogens with zero attached hydrogens (tertiary/aromatic N) is 4. The molecule has 1 aliphatic rings. The Morgan fingerprint density at radius 2 is 2.04 bits per heavy atom. The number of carbonyl (C=O) groups is 1. The Kier molecular flexibility index (Phi) is 4.28. The number of rotatable bonds is 5. The average Bonchev–Trinajstić information content (AvgIpc) is 2.96. The quantitative estimate of drug-likeness (QED) is 0.735. The molecular formula is C19H22N6O. The van der Waals surface area contributed by atoms with Gasteiger partial charge >= 0.3 is 0 Å². The molecule has 2 heterocycles. The van der Waals surface area contributed by atoms with Gasteiger partial charge in [-0.1, -0.05) is 25.5 Å². The molecule has 3 N–H and O–H groups in total. The van der Waals surface area contributed by atoms with Crippen LogP contribution in [0.3, 0.4) is 0 Å². The van der Waals surface area contributed by atoms with Crippen LogP contribution in [0.2, 0.25) is 0 Å². The van der Waals surface area contributed by atoms with Crippen molar-refractivity contribution < 1.29 is 4.79 Å². The Balaban J connectivity index is 1.66. The number of fused-ring (bicyclic) bond motifs is 1. The molecule has 0 unspecified atom stereocenters. The third kappa shape index (κ3) is 2.89. The summed E-state index contributed by atoms with van der Waals surface area (Å²) in [6.07, 6.45) is 6.79. The Morgan fingerprint density at radius 3 is 2.69 bits per heavy atom. The summed E-state index contributed by atoms with van der Waals surface area (Å²) >= 11 is 0. The highest BCUT2D eigenvalue weighted by atomic mass is 16.2. The molecule has 3 aromatic rings. The van der Waals surface area contributed by atoms with Gasteiger partial charge in [-0.05, 0) is 43.4 Å². The minimum absolute atomic E-state index is 0.279. The highest BCUT2D eigenvalue weighted by Crippen LogP contribution is 2.35. The van der Waals surface area contributed by atoms with Crippen LogP contribution in [0.1, 0.15) is 54.7 Å². The molecule has 0 atom stereocenters. The molecular weight excluding hydrogens is 328 g/mol. The summed E-state index contributed by atoms with van der Waals surface area (Å²) in [5.74, 6) is -0.0122. The van der Waals surface area contributed by atoms with E-state index in [9.17, 15) is 4.79 Å². The monoisotopic (exact) mass is 350 g/mol. The van der Waals surface area contributed by atoms with Crippen molar-refractivity contribution in [1.29, 1.82) is 0 Å². The first-order valence-corrected chi connectivity index (χ1v) is 9.06. The van der Waals surface area contributed by atoms with Crippen molar-refractivity contribution in [2.24, 2.45) is 0 Å². The number of hydrogen-bond acceptors (Lipinski definition) is 5. The molecule has 1 saturated carbocycles. The summed E-state index contributed by atoms with van der Waals surface area (Å²) in [4.78, 5) is 21.2. The molecule has 1 aliphatic carbocycles. The Morgan fingerprint density at radius 1 is 1.27 bits per heavy atom. The first-order valence-electron chi connectivity index (χ1n) is 9.06. The molecule has 26 heavy (non-hydrogen) atoms. The largest absolute Gasteiger partial charge is 0.383 e. The zero-order valence-corrected chi connectivity index (χ0v) is 14.8. The smallest absolute Gasteiger partial charge is 0.277 e. The van der Waals surface area contributed by atoms with E-state index in [0.717, 1.165) is 37.8 Å². The summed E-state index contributed by atoms with van der Waals surface area (Å²) in [5, 5.41) is 7.97. The number of nitrogen functional groups attached to an aromatic ring is 1. The minimum atomic E-state index is -0.294. The number of carbonyl (C=O) groups excluding carboxylic acids is 1. The second-order valence-electron chi connectivity index (χ2n) is 6.74. The summed E-state index contributed by atoms with van der Waals surface area (Å²) in [7, 11) is 0. The maximum atomic E-state index is 12.8. The van der Waals surface area contributed by atoms with Crippen LogP contribution in [0.15, 0.2) is 30.6 Å². The molecule has 1 fully saturated rings. The highest BCUT2D eigenvalue weighted by Gasteiger charge is 2.28. The lowest BCUT2D eigenvalue weighted by Gasteiger charge is -2.25. The van der Waals surface area contributed by atoms with Crippen molar-refractivity contribution in [3.63, 3.8) is 0 Å². The standard InChI is InChI=1S/C19H22N6O/c1-2-4-12-7-9-13(10-8-12)23-19(26)16-15-17(20)21-11-22-18(15)25(24-16)14-5-3-6-14/h7-11,14H,2-6H2,1H3,(H,23,26)(H2,20,21,22). The summed E-state index contributed by atoms with van der Waals surface area (Å²) in [6, 6.07) is 8.16. The van der Waals surface area contributed by atoms with Crippen molar-refractivity contribution in [3.05, 3.63) is 41.9 Å². The van der Waals surface area contributed by atoms with Gasteiger partial charge in [-0.25, -0.2) is 14.6 Å². The normalized spacial score (nSPS) is 14.3. The number of nitrogens with one attached hydrogen (secondary N) is 1. The Labute approximate surface area is 151 Å². The molecule has 1 amide bonds. The van der Waals surface area contributed by atoms with E-state index in [-0.39, 0.29) is 23.5 Å². The van der Waals surface area contributed by atoms with Crippen LogP contribution in [0, 0.1) is 0 Å². The van der Waals surface area contributed by atoms with Crippen LogP contribution in [-0.2, 0) is 6.42 Å². The van der Waals surface area contributed by atoms with Crippen molar-refractivity contribution in [1.82, 2.24) is 19.7 Å². The lowest BCUT2D eigenvalue weighted by molar-refractivity contribution is 0.102. The Hall–Kier alpha value is -2.96. The van der Waals surface area contributed by atoms with Gasteiger partial charge in [-0.2, -0.15) is 5.10 Å². The highest BCUT2D eigenvalue weighted by molar-refractivity contribution is 6.13. The number of hydrogen-bond donors (Lipinski definition) is 2. The number of aryl methyl sites for hydroxylation is 1. The molecule has 0 radical (unpaired) electrons. The number of benzene rings is 1. The second-order valence-corrected chi connectivity index (χ2v) is 6.74. The zero-order chi connectivity index (χ0) is 18.1. The van der Waals surface area contributed by atoms with Gasteiger partial charge in [0.1, 0.15) is 12.1 Å². The molecule has 1 aromatic carbocycles. The van der Waals surface area contributed by atoms with Gasteiger partial charge in [-0.15, -0.1) is 0 Å². The SMILES string of the molecule is CCCc1ccc(NC(=O)c2nn(C3CCC3)c3ncnc(N)c23)cc1. The van der Waals surface area contributed by atoms with E-state index >= 15 is 0 Å². The fraction of sp³-hybridized carbons (Fsp3) is 0.368. The third-order valence-corrected chi connectivity index (χ3v) is 4.90. The maximum absolute atomic E-state index is 12.8. The van der Waals surface area contributed by atoms with Crippen molar-refractivity contribution in [2.75, 3.05) is 11.1 Å². The van der Waals surface area contributed by atoms with Gasteiger partial charge in [0.25, 0.3) is 5.91 Å².